The summed E-state index contributed by atoms with van der Waals surface area (Å²) >= 11 is 19.7. The number of benzene rings is 1. The predicted molar refractivity (Wildman–Crippen MR) is 92.1 cm³/mol. The van der Waals surface area contributed by atoms with Gasteiger partial charge in [-0.3, -0.25) is 0 Å². The lowest BCUT2D eigenvalue weighted by Gasteiger charge is -2.16. The lowest BCUT2D eigenvalue weighted by atomic mass is 10.0. The van der Waals surface area contributed by atoms with Gasteiger partial charge in [-0.2, -0.15) is 0 Å². The molecule has 21 heavy (non-hydrogen) atoms. The molecule has 0 aliphatic rings. The largest absolute Gasteiger partial charge is 0.486 e. The van der Waals surface area contributed by atoms with Gasteiger partial charge in [-0.15, -0.1) is 11.3 Å². The average molecular weight is 365 g/mol. The molecule has 2 nitrogen and oxygen atoms in total. The first-order valence-electron chi connectivity index (χ1n) is 6.60. The van der Waals surface area contributed by atoms with Crippen molar-refractivity contribution in [1.29, 1.82) is 0 Å². The van der Waals surface area contributed by atoms with Gasteiger partial charge in [0.1, 0.15) is 12.4 Å². The first kappa shape index (κ1) is 16.9. The summed E-state index contributed by atoms with van der Waals surface area (Å²) in [6.45, 7) is 2.47. The smallest absolute Gasteiger partial charge is 0.141 e. The molecule has 0 aliphatic carbocycles. The standard InChI is InChI=1S/C15H16Cl3NOS/c1-2-11(19)6-9-5-10(16)7-13(17)15(9)20-8-12-3-4-14(18)21-12/h3-5,7,11H,2,6,8,19H2,1H3. The molecule has 2 N–H and O–H groups in total. The van der Waals surface area contributed by atoms with Crippen LogP contribution in [0.4, 0.5) is 0 Å². The Balaban J connectivity index is 2.19. The molecular formula is C15H16Cl3NOS. The number of hydrogen-bond donors (Lipinski definition) is 1. The van der Waals surface area contributed by atoms with Gasteiger partial charge >= 0.3 is 0 Å². The second-order valence-corrected chi connectivity index (χ2v) is 7.39. The Hall–Kier alpha value is -0.450. The monoisotopic (exact) mass is 363 g/mol. The Bertz CT molecular complexity index is 615. The summed E-state index contributed by atoms with van der Waals surface area (Å²) in [7, 11) is 0. The van der Waals surface area contributed by atoms with Crippen LogP contribution in [0.1, 0.15) is 23.8 Å². The average Bonchev–Trinajstić information content (AvgIpc) is 2.83. The third-order valence-corrected chi connectivity index (χ3v) is 4.78. The van der Waals surface area contributed by atoms with E-state index in [4.69, 9.17) is 45.3 Å². The molecule has 0 bridgehead atoms. The highest BCUT2D eigenvalue weighted by Crippen LogP contribution is 2.34. The fourth-order valence-corrected chi connectivity index (χ4v) is 3.52. The maximum atomic E-state index is 6.26. The van der Waals surface area contributed by atoms with Gasteiger partial charge in [-0.25, -0.2) is 0 Å². The fraction of sp³-hybridized carbons (Fsp3) is 0.333. The van der Waals surface area contributed by atoms with Crippen molar-refractivity contribution in [1.82, 2.24) is 0 Å². The zero-order chi connectivity index (χ0) is 15.4. The van der Waals surface area contributed by atoms with E-state index in [1.807, 2.05) is 25.1 Å². The Morgan fingerprint density at radius 3 is 2.62 bits per heavy atom. The lowest BCUT2D eigenvalue weighted by Crippen LogP contribution is -2.21. The molecule has 6 heteroatoms. The minimum absolute atomic E-state index is 0.0538. The van der Waals surface area contributed by atoms with Crippen molar-refractivity contribution in [3.63, 3.8) is 0 Å². The second kappa shape index (κ2) is 7.70. The molecule has 1 heterocycles. The molecule has 1 aromatic heterocycles. The highest BCUT2D eigenvalue weighted by atomic mass is 35.5. The number of ether oxygens (including phenoxy) is 1. The SMILES string of the molecule is CCC(N)Cc1cc(Cl)cc(Cl)c1OCc1ccc(Cl)s1. The van der Waals surface area contributed by atoms with Crippen LogP contribution in [-0.2, 0) is 13.0 Å². The van der Waals surface area contributed by atoms with Crippen LogP contribution in [0, 0.1) is 0 Å². The molecule has 1 unspecified atom stereocenters. The topological polar surface area (TPSA) is 35.2 Å². The Morgan fingerprint density at radius 2 is 2.00 bits per heavy atom. The maximum absolute atomic E-state index is 6.26. The van der Waals surface area contributed by atoms with Crippen LogP contribution in [0.15, 0.2) is 24.3 Å². The van der Waals surface area contributed by atoms with E-state index in [9.17, 15) is 0 Å². The van der Waals surface area contributed by atoms with E-state index >= 15 is 0 Å². The van der Waals surface area contributed by atoms with Crippen LogP contribution in [0.2, 0.25) is 14.4 Å². The lowest BCUT2D eigenvalue weighted by molar-refractivity contribution is 0.306. The van der Waals surface area contributed by atoms with E-state index in [2.05, 4.69) is 0 Å². The summed E-state index contributed by atoms with van der Waals surface area (Å²) in [4.78, 5) is 1.04. The van der Waals surface area contributed by atoms with Crippen LogP contribution >= 0.6 is 46.1 Å². The van der Waals surface area contributed by atoms with E-state index in [1.165, 1.54) is 11.3 Å². The van der Waals surface area contributed by atoms with E-state index in [0.29, 0.717) is 28.8 Å². The molecule has 1 aromatic carbocycles. The van der Waals surface area contributed by atoms with Crippen molar-refractivity contribution in [2.45, 2.75) is 32.4 Å². The highest BCUT2D eigenvalue weighted by molar-refractivity contribution is 7.16. The van der Waals surface area contributed by atoms with E-state index in [0.717, 1.165) is 21.2 Å². The molecule has 0 saturated carbocycles. The summed E-state index contributed by atoms with van der Waals surface area (Å²) < 4.78 is 6.61. The van der Waals surface area contributed by atoms with Gasteiger partial charge in [0, 0.05) is 15.9 Å². The molecule has 2 rings (SSSR count). The number of nitrogens with two attached hydrogens (primary N) is 1. The molecule has 0 spiro atoms. The third kappa shape index (κ3) is 4.76. The molecule has 2 aromatic rings. The van der Waals surface area contributed by atoms with Crippen molar-refractivity contribution < 1.29 is 4.74 Å². The first-order chi connectivity index (χ1) is 9.99. The molecule has 0 fully saturated rings. The van der Waals surface area contributed by atoms with Crippen molar-refractivity contribution in [2.75, 3.05) is 0 Å². The van der Waals surface area contributed by atoms with Crippen LogP contribution in [0.25, 0.3) is 0 Å². The van der Waals surface area contributed by atoms with Crippen LogP contribution < -0.4 is 10.5 Å². The molecule has 0 aliphatic heterocycles. The van der Waals surface area contributed by atoms with Crippen LogP contribution in [-0.4, -0.2) is 6.04 Å². The van der Waals surface area contributed by atoms with Gasteiger partial charge in [-0.05, 0) is 42.7 Å². The van der Waals surface area contributed by atoms with Gasteiger partial charge < -0.3 is 10.5 Å². The van der Waals surface area contributed by atoms with E-state index in [1.54, 1.807) is 6.07 Å². The Kier molecular flexibility index (Phi) is 6.20. The number of rotatable bonds is 6. The summed E-state index contributed by atoms with van der Waals surface area (Å²) in [6, 6.07) is 7.38. The zero-order valence-corrected chi connectivity index (χ0v) is 14.6. The van der Waals surface area contributed by atoms with Crippen molar-refractivity contribution >= 4 is 46.1 Å². The quantitative estimate of drug-likeness (QED) is 0.727. The molecular weight excluding hydrogens is 349 g/mol. The minimum Gasteiger partial charge on any atom is -0.486 e. The minimum atomic E-state index is 0.0538. The van der Waals surface area contributed by atoms with Crippen molar-refractivity contribution in [3.8, 4) is 5.75 Å². The van der Waals surface area contributed by atoms with Crippen molar-refractivity contribution in [3.05, 3.63) is 49.1 Å². The molecule has 0 radical (unpaired) electrons. The Morgan fingerprint density at radius 1 is 1.24 bits per heavy atom. The third-order valence-electron chi connectivity index (χ3n) is 3.08. The van der Waals surface area contributed by atoms with Crippen LogP contribution in [0.5, 0.6) is 5.75 Å². The summed E-state index contributed by atoms with van der Waals surface area (Å²) in [5, 5.41) is 1.09. The van der Waals surface area contributed by atoms with E-state index in [-0.39, 0.29) is 6.04 Å². The normalized spacial score (nSPS) is 12.4. The zero-order valence-electron chi connectivity index (χ0n) is 11.5. The maximum Gasteiger partial charge on any atom is 0.141 e. The molecule has 1 atom stereocenters. The second-order valence-electron chi connectivity index (χ2n) is 4.74. The Labute approximate surface area is 143 Å². The summed E-state index contributed by atoms with van der Waals surface area (Å²) in [5.74, 6) is 0.648. The van der Waals surface area contributed by atoms with Crippen LogP contribution in [0.3, 0.4) is 0 Å². The highest BCUT2D eigenvalue weighted by Gasteiger charge is 2.14. The molecule has 114 valence electrons. The fourth-order valence-electron chi connectivity index (χ4n) is 1.93. The van der Waals surface area contributed by atoms with Crippen molar-refractivity contribution in [2.24, 2.45) is 5.73 Å². The number of hydrogen-bond acceptors (Lipinski definition) is 3. The number of halogens is 3. The van der Waals surface area contributed by atoms with Gasteiger partial charge in [0.2, 0.25) is 0 Å². The summed E-state index contributed by atoms with van der Waals surface area (Å²) in [6.07, 6.45) is 1.56. The van der Waals surface area contributed by atoms with Gasteiger partial charge in [-0.1, -0.05) is 41.7 Å². The molecule has 0 saturated heterocycles. The predicted octanol–water partition coefficient (Wildman–Crippen LogP) is 5.57. The van der Waals surface area contributed by atoms with Gasteiger partial charge in [0.25, 0.3) is 0 Å². The van der Waals surface area contributed by atoms with Gasteiger partial charge in [0.05, 0.1) is 9.36 Å². The van der Waals surface area contributed by atoms with Gasteiger partial charge in [0.15, 0.2) is 0 Å². The number of thiophene rings is 1. The van der Waals surface area contributed by atoms with E-state index < -0.39 is 0 Å². The summed E-state index contributed by atoms with van der Waals surface area (Å²) in [5.41, 5.74) is 6.96. The molecule has 0 amide bonds. The first-order valence-corrected chi connectivity index (χ1v) is 8.55.